The van der Waals surface area contributed by atoms with Crippen LogP contribution >= 0.6 is 0 Å². The number of hydrogen-bond acceptors (Lipinski definition) is 3. The first-order valence-electron chi connectivity index (χ1n) is 8.68. The molecule has 0 aliphatic rings. The molecule has 1 aromatic heterocycles. The first-order chi connectivity index (χ1) is 13.1. The van der Waals surface area contributed by atoms with Crippen molar-refractivity contribution in [3.8, 4) is 5.75 Å². The normalized spacial score (nSPS) is 12.2. The van der Waals surface area contributed by atoms with Crippen LogP contribution in [0.2, 0.25) is 0 Å². The maximum atomic E-state index is 13.6. The summed E-state index contributed by atoms with van der Waals surface area (Å²) in [5.74, 6) is 0.258. The Hall–Kier alpha value is -2.96. The van der Waals surface area contributed by atoms with Gasteiger partial charge in [0.2, 0.25) is 0 Å². The minimum absolute atomic E-state index is 0.0761. The molecule has 0 radical (unpaired) electrons. The average Bonchev–Trinajstić information content (AvgIpc) is 3.00. The maximum Gasteiger partial charge on any atom is 0.432 e. The number of benzene rings is 2. The molecule has 0 spiro atoms. The fourth-order valence-electron chi connectivity index (χ4n) is 2.78. The van der Waals surface area contributed by atoms with Gasteiger partial charge in [0.15, 0.2) is 0 Å². The molecule has 3 aromatic rings. The monoisotopic (exact) mass is 391 g/mol. The molecule has 0 aliphatic carbocycles. The molecule has 0 saturated heterocycles. The highest BCUT2D eigenvalue weighted by atomic mass is 19.4. The highest BCUT2D eigenvalue weighted by Crippen LogP contribution is 2.38. The van der Waals surface area contributed by atoms with E-state index in [9.17, 15) is 18.0 Å². The Morgan fingerprint density at radius 2 is 1.68 bits per heavy atom. The van der Waals surface area contributed by atoms with Crippen molar-refractivity contribution in [2.24, 2.45) is 0 Å². The van der Waals surface area contributed by atoms with Gasteiger partial charge in [-0.05, 0) is 44.5 Å². The molecule has 0 unspecified atom stereocenters. The van der Waals surface area contributed by atoms with Gasteiger partial charge < -0.3 is 9.47 Å². The van der Waals surface area contributed by atoms with Crippen molar-refractivity contribution in [1.29, 1.82) is 0 Å². The Morgan fingerprint density at radius 1 is 1.00 bits per heavy atom. The molecule has 0 aliphatic heterocycles. The van der Waals surface area contributed by atoms with Crippen LogP contribution in [0.4, 0.5) is 18.0 Å². The van der Waals surface area contributed by atoms with Crippen LogP contribution in [0.15, 0.2) is 54.6 Å². The van der Waals surface area contributed by atoms with Crippen molar-refractivity contribution in [2.75, 3.05) is 0 Å². The molecule has 148 valence electrons. The topological polar surface area (TPSA) is 40.5 Å². The molecule has 0 bridgehead atoms. The van der Waals surface area contributed by atoms with E-state index in [0.717, 1.165) is 11.6 Å². The lowest BCUT2D eigenvalue weighted by Gasteiger charge is -2.21. The van der Waals surface area contributed by atoms with Gasteiger partial charge in [0.1, 0.15) is 23.7 Å². The number of rotatable bonds is 3. The summed E-state index contributed by atoms with van der Waals surface area (Å²) in [6, 6.07) is 14.7. The van der Waals surface area contributed by atoms with Gasteiger partial charge in [0, 0.05) is 5.39 Å². The highest BCUT2D eigenvalue weighted by molar-refractivity contribution is 5.94. The predicted molar refractivity (Wildman–Crippen MR) is 99.3 cm³/mol. The maximum absolute atomic E-state index is 13.6. The molecule has 1 heterocycles. The van der Waals surface area contributed by atoms with E-state index in [1.807, 2.05) is 30.3 Å². The van der Waals surface area contributed by atoms with Crippen molar-refractivity contribution in [2.45, 2.75) is 39.2 Å². The molecule has 0 N–H and O–H groups in total. The summed E-state index contributed by atoms with van der Waals surface area (Å²) in [4.78, 5) is 12.5. The van der Waals surface area contributed by atoms with Crippen molar-refractivity contribution < 1.29 is 27.4 Å². The van der Waals surface area contributed by atoms with Crippen molar-refractivity contribution in [3.05, 3.63) is 65.9 Å². The predicted octanol–water partition coefficient (Wildman–Crippen LogP) is 6.02. The Bertz CT molecular complexity index is 986. The van der Waals surface area contributed by atoms with E-state index < -0.39 is 23.6 Å². The second-order valence-electron chi connectivity index (χ2n) is 7.31. The molecule has 0 saturated carbocycles. The van der Waals surface area contributed by atoms with Crippen LogP contribution in [0.1, 0.15) is 32.0 Å². The van der Waals surface area contributed by atoms with Crippen LogP contribution in [0.5, 0.6) is 5.75 Å². The van der Waals surface area contributed by atoms with Gasteiger partial charge >= 0.3 is 12.3 Å². The van der Waals surface area contributed by atoms with Gasteiger partial charge in [-0.2, -0.15) is 13.2 Å². The summed E-state index contributed by atoms with van der Waals surface area (Å²) in [6.07, 6.45) is -5.82. The summed E-state index contributed by atoms with van der Waals surface area (Å²) < 4.78 is 52.2. The molecule has 0 amide bonds. The number of carbonyl (C=O) groups excluding carboxylic acids is 1. The van der Waals surface area contributed by atoms with E-state index in [0.29, 0.717) is 4.57 Å². The molecule has 28 heavy (non-hydrogen) atoms. The average molecular weight is 391 g/mol. The molecule has 0 atom stereocenters. The zero-order valence-corrected chi connectivity index (χ0v) is 15.7. The van der Waals surface area contributed by atoms with Crippen LogP contribution in [-0.4, -0.2) is 16.3 Å². The van der Waals surface area contributed by atoms with Crippen molar-refractivity contribution >= 4 is 17.0 Å². The molecule has 7 heteroatoms. The molecular weight excluding hydrogens is 371 g/mol. The number of nitrogens with zero attached hydrogens (tertiary/aromatic N) is 1. The summed E-state index contributed by atoms with van der Waals surface area (Å²) >= 11 is 0. The molecule has 3 rings (SSSR count). The Morgan fingerprint density at radius 3 is 2.29 bits per heavy atom. The number of fused-ring (bicyclic) bond motifs is 1. The molecular formula is C21H20F3NO3. The summed E-state index contributed by atoms with van der Waals surface area (Å²) in [7, 11) is 0. The van der Waals surface area contributed by atoms with Crippen LogP contribution in [0.3, 0.4) is 0 Å². The Kier molecular flexibility index (Phi) is 5.10. The minimum atomic E-state index is -4.73. The summed E-state index contributed by atoms with van der Waals surface area (Å²) in [5.41, 5.74) is -1.08. The number of carbonyl (C=O) groups is 1. The van der Waals surface area contributed by atoms with Gasteiger partial charge in [0.25, 0.3) is 0 Å². The van der Waals surface area contributed by atoms with E-state index in [4.69, 9.17) is 9.47 Å². The van der Waals surface area contributed by atoms with Gasteiger partial charge in [-0.3, -0.25) is 0 Å². The summed E-state index contributed by atoms with van der Waals surface area (Å²) in [5, 5.41) is 0.191. The minimum Gasteiger partial charge on any atom is -0.488 e. The van der Waals surface area contributed by atoms with Crippen LogP contribution < -0.4 is 4.74 Å². The third-order valence-corrected chi connectivity index (χ3v) is 3.91. The van der Waals surface area contributed by atoms with Crippen LogP contribution in [0.25, 0.3) is 10.9 Å². The lowest BCUT2D eigenvalue weighted by atomic mass is 10.2. The molecule has 0 fully saturated rings. The second-order valence-corrected chi connectivity index (χ2v) is 7.31. The van der Waals surface area contributed by atoms with E-state index in [1.165, 1.54) is 6.07 Å². The van der Waals surface area contributed by atoms with E-state index in [1.54, 1.807) is 32.9 Å². The largest absolute Gasteiger partial charge is 0.488 e. The lowest BCUT2D eigenvalue weighted by molar-refractivity contribution is -0.142. The first kappa shape index (κ1) is 19.8. The number of halogens is 3. The third-order valence-electron chi connectivity index (χ3n) is 3.91. The van der Waals surface area contributed by atoms with E-state index in [2.05, 4.69) is 0 Å². The first-order valence-corrected chi connectivity index (χ1v) is 8.68. The lowest BCUT2D eigenvalue weighted by Crippen LogP contribution is -2.29. The second kappa shape index (κ2) is 7.22. The SMILES string of the molecule is CC(C)(C)OC(=O)n1c(C(F)(F)F)cc2c(OCc3ccccc3)cccc21. The fraction of sp³-hybridized carbons (Fsp3) is 0.286. The highest BCUT2D eigenvalue weighted by Gasteiger charge is 2.38. The Balaban J connectivity index is 2.06. The van der Waals surface area contributed by atoms with Crippen molar-refractivity contribution in [3.63, 3.8) is 0 Å². The number of aromatic nitrogens is 1. The third kappa shape index (κ3) is 4.30. The smallest absolute Gasteiger partial charge is 0.432 e. The molecule has 4 nitrogen and oxygen atoms in total. The zero-order chi connectivity index (χ0) is 20.5. The van der Waals surface area contributed by atoms with Gasteiger partial charge in [-0.15, -0.1) is 0 Å². The van der Waals surface area contributed by atoms with Crippen molar-refractivity contribution in [1.82, 2.24) is 4.57 Å². The van der Waals surface area contributed by atoms with Gasteiger partial charge in [-0.25, -0.2) is 9.36 Å². The molecule has 2 aromatic carbocycles. The number of alkyl halides is 3. The van der Waals surface area contributed by atoms with Crippen LogP contribution in [0, 0.1) is 0 Å². The fourth-order valence-corrected chi connectivity index (χ4v) is 2.78. The zero-order valence-electron chi connectivity index (χ0n) is 15.7. The Labute approximate surface area is 160 Å². The van der Waals surface area contributed by atoms with Crippen LogP contribution in [-0.2, 0) is 17.5 Å². The van der Waals surface area contributed by atoms with Gasteiger partial charge in [-0.1, -0.05) is 36.4 Å². The van der Waals surface area contributed by atoms with E-state index in [-0.39, 0.29) is 23.3 Å². The van der Waals surface area contributed by atoms with Gasteiger partial charge in [0.05, 0.1) is 5.52 Å². The number of ether oxygens (including phenoxy) is 2. The summed E-state index contributed by atoms with van der Waals surface area (Å²) in [6.45, 7) is 4.98. The quantitative estimate of drug-likeness (QED) is 0.548. The standard InChI is InChI=1S/C21H20F3NO3/c1-20(2,3)28-19(26)25-16-10-7-11-17(15(16)12-18(25)21(22,23)24)27-13-14-8-5-4-6-9-14/h4-12H,13H2,1-3H3. The number of hydrogen-bond donors (Lipinski definition) is 0. The van der Waals surface area contributed by atoms with E-state index >= 15 is 0 Å².